The molecule has 19 heteroatoms. The van der Waals surface area contributed by atoms with Gasteiger partial charge < -0.3 is 47.7 Å². The first-order chi connectivity index (χ1) is 39.2. The average molecular weight is 1200 g/mol. The highest BCUT2D eigenvalue weighted by Crippen LogP contribution is 2.45. The molecule has 0 aliphatic rings. The highest BCUT2D eigenvalue weighted by molar-refractivity contribution is 7.47. The van der Waals surface area contributed by atoms with Crippen LogP contribution in [0.4, 0.5) is 0 Å². The van der Waals surface area contributed by atoms with Crippen molar-refractivity contribution < 1.29 is 80.2 Å². The van der Waals surface area contributed by atoms with Crippen LogP contribution in [0.15, 0.2) is 0 Å². The molecule has 0 saturated heterocycles. The number of unbranched alkanes of at least 4 members (excludes halogenated alkanes) is 37. The van der Waals surface area contributed by atoms with E-state index in [0.717, 1.165) is 83.5 Å². The van der Waals surface area contributed by atoms with Gasteiger partial charge in [-0.25, -0.2) is 9.13 Å². The van der Waals surface area contributed by atoms with Crippen molar-refractivity contribution in [3.63, 3.8) is 0 Å². The topological polar surface area (TPSA) is 237 Å². The van der Waals surface area contributed by atoms with E-state index in [4.69, 9.17) is 37.0 Å². The first-order valence-electron chi connectivity index (χ1n) is 32.4. The summed E-state index contributed by atoms with van der Waals surface area (Å²) < 4.78 is 67.5. The normalized spacial score (nSPS) is 14.2. The molecule has 2 unspecified atom stereocenters. The van der Waals surface area contributed by atoms with E-state index >= 15 is 0 Å². The molecule has 0 aromatic heterocycles. The van der Waals surface area contributed by atoms with Crippen molar-refractivity contribution in [1.82, 2.24) is 0 Å². The standard InChI is InChI=1S/C62H118O17P2/c1-5-9-13-16-19-22-25-27-28-29-32-35-38-41-45-48-61(66)78-57(52-72-59(64)46-42-12-8-4)54-76-80(68,69)74-50-56(63)51-75-81(70,71)77-55-58(53-73-60(65)47-43-39-36-33-30-24-21-18-15-11-7-3)79-62(67)49-44-40-37-34-31-26-23-20-17-14-10-6-2/h56-58,63H,2,4-55H2,1,3H3,(H,68,69)(H,70,71)/q-2/t56-,57-,58-/m1/s1. The number of phosphoric acid groups is 2. The molecular formula is C62H118O17P2-2. The van der Waals surface area contributed by atoms with E-state index in [2.05, 4.69) is 27.7 Å². The molecule has 0 aromatic carbocycles. The maximum atomic E-state index is 12.9. The molecule has 5 atom stereocenters. The van der Waals surface area contributed by atoms with Crippen LogP contribution in [0, 0.1) is 13.8 Å². The Balaban J connectivity index is 5.07. The minimum atomic E-state index is -4.94. The molecule has 480 valence electrons. The Morgan fingerprint density at radius 2 is 0.556 bits per heavy atom. The van der Waals surface area contributed by atoms with Gasteiger partial charge in [0.15, 0.2) is 12.2 Å². The molecular weight excluding hydrogens is 1080 g/mol. The number of phosphoric ester groups is 2. The zero-order chi connectivity index (χ0) is 59.8. The van der Waals surface area contributed by atoms with E-state index in [-0.39, 0.29) is 25.7 Å². The molecule has 3 N–H and O–H groups in total. The van der Waals surface area contributed by atoms with Gasteiger partial charge in [-0.2, -0.15) is 12.8 Å². The number of hydrogen-bond acceptors (Lipinski definition) is 15. The summed E-state index contributed by atoms with van der Waals surface area (Å²) >= 11 is 0. The zero-order valence-electron chi connectivity index (χ0n) is 51.2. The quantitative estimate of drug-likeness (QED) is 0.0169. The number of aliphatic hydroxyl groups excluding tert-OH is 1. The van der Waals surface area contributed by atoms with Crippen LogP contribution in [0.25, 0.3) is 0 Å². The Morgan fingerprint density at radius 1 is 0.333 bits per heavy atom. The fourth-order valence-corrected chi connectivity index (χ4v) is 10.7. The maximum absolute atomic E-state index is 12.9. The molecule has 0 bridgehead atoms. The number of ether oxygens (including phenoxy) is 4. The summed E-state index contributed by atoms with van der Waals surface area (Å²) in [6, 6.07) is 0. The van der Waals surface area contributed by atoms with Crippen LogP contribution >= 0.6 is 15.6 Å². The molecule has 0 aromatic rings. The van der Waals surface area contributed by atoms with Gasteiger partial charge in [0, 0.05) is 25.7 Å². The summed E-state index contributed by atoms with van der Waals surface area (Å²) in [5, 5.41) is 10.5. The average Bonchev–Trinajstić information content (AvgIpc) is 3.44. The lowest BCUT2D eigenvalue weighted by Gasteiger charge is -2.21. The van der Waals surface area contributed by atoms with E-state index in [1.807, 2.05) is 0 Å². The van der Waals surface area contributed by atoms with Gasteiger partial charge in [0.05, 0.1) is 26.4 Å². The second kappa shape index (κ2) is 57.2. The number of rotatable bonds is 63. The van der Waals surface area contributed by atoms with Gasteiger partial charge in [-0.1, -0.05) is 239 Å². The SMILES string of the molecule is [CH2-]CCCCCCCCCCCCCC(=O)O[C@H](COC(=O)CCCCCCCCCCCCC)COP(=O)(O)OC[C@H](O)COP(=O)(O)OC[C@@H](COC(=O)CCCC[CH2-])OC(=O)CCCCCCCCCCCCCCCCC. The minimum Gasteiger partial charge on any atom is -0.462 e. The maximum Gasteiger partial charge on any atom is 0.472 e. The van der Waals surface area contributed by atoms with Gasteiger partial charge in [0.2, 0.25) is 0 Å². The second-order valence-electron chi connectivity index (χ2n) is 22.2. The van der Waals surface area contributed by atoms with Crippen LogP contribution < -0.4 is 0 Å². The molecule has 0 fully saturated rings. The Hall–Kier alpha value is -1.94. The van der Waals surface area contributed by atoms with Crippen molar-refractivity contribution in [2.24, 2.45) is 0 Å². The lowest BCUT2D eigenvalue weighted by Crippen LogP contribution is -2.30. The van der Waals surface area contributed by atoms with Gasteiger partial charge in [0.25, 0.3) is 0 Å². The molecule has 0 rings (SSSR count). The number of esters is 4. The molecule has 0 heterocycles. The van der Waals surface area contributed by atoms with E-state index in [1.165, 1.54) is 148 Å². The third-order valence-electron chi connectivity index (χ3n) is 14.1. The van der Waals surface area contributed by atoms with Gasteiger partial charge >= 0.3 is 39.5 Å². The van der Waals surface area contributed by atoms with Crippen LogP contribution in [0.1, 0.15) is 303 Å². The first kappa shape index (κ1) is 79.1. The summed E-state index contributed by atoms with van der Waals surface area (Å²) in [7, 11) is -9.88. The largest absolute Gasteiger partial charge is 0.472 e. The number of hydrogen-bond donors (Lipinski definition) is 3. The number of carbonyl (C=O) groups excluding carboxylic acids is 4. The molecule has 0 spiro atoms. The summed E-state index contributed by atoms with van der Waals surface area (Å²) in [5.74, 6) is -2.20. The third-order valence-corrected chi connectivity index (χ3v) is 16.0. The number of aliphatic hydroxyl groups is 1. The summed E-state index contributed by atoms with van der Waals surface area (Å²) in [6.45, 7) is 8.09. The lowest BCUT2D eigenvalue weighted by atomic mass is 10.0. The van der Waals surface area contributed by atoms with Crippen LogP contribution in [0.5, 0.6) is 0 Å². The predicted molar refractivity (Wildman–Crippen MR) is 321 cm³/mol. The Kier molecular flexibility index (Phi) is 55.8. The monoisotopic (exact) mass is 1200 g/mol. The van der Waals surface area contributed by atoms with Gasteiger partial charge in [-0.15, -0.1) is 0 Å². The smallest absolute Gasteiger partial charge is 0.462 e. The molecule has 17 nitrogen and oxygen atoms in total. The van der Waals surface area contributed by atoms with Gasteiger partial charge in [-0.05, 0) is 25.7 Å². The molecule has 0 amide bonds. The first-order valence-corrected chi connectivity index (χ1v) is 35.4. The second-order valence-corrected chi connectivity index (χ2v) is 25.1. The highest BCUT2D eigenvalue weighted by atomic mass is 31.2. The summed E-state index contributed by atoms with van der Waals surface area (Å²) in [5.41, 5.74) is 0. The molecule has 0 radical (unpaired) electrons. The Bertz CT molecular complexity index is 1570. The van der Waals surface area contributed by atoms with Crippen molar-refractivity contribution in [1.29, 1.82) is 0 Å². The highest BCUT2D eigenvalue weighted by Gasteiger charge is 2.30. The predicted octanol–water partition coefficient (Wildman–Crippen LogP) is 16.8. The van der Waals surface area contributed by atoms with Gasteiger partial charge in [-0.3, -0.25) is 37.3 Å². The van der Waals surface area contributed by atoms with Gasteiger partial charge in [0.1, 0.15) is 19.3 Å². The van der Waals surface area contributed by atoms with Crippen LogP contribution in [0.3, 0.4) is 0 Å². The fraction of sp³-hybridized carbons (Fsp3) is 0.903. The number of carbonyl (C=O) groups is 4. The van der Waals surface area contributed by atoms with Crippen LogP contribution in [-0.4, -0.2) is 96.7 Å². The molecule has 0 saturated carbocycles. The van der Waals surface area contributed by atoms with Crippen molar-refractivity contribution >= 4 is 39.5 Å². The van der Waals surface area contributed by atoms with E-state index in [0.29, 0.717) is 32.1 Å². The third kappa shape index (κ3) is 56.9. The van der Waals surface area contributed by atoms with E-state index in [1.54, 1.807) is 0 Å². The zero-order valence-corrected chi connectivity index (χ0v) is 52.9. The Labute approximate surface area is 492 Å². The van der Waals surface area contributed by atoms with E-state index < -0.39 is 97.5 Å². The molecule has 81 heavy (non-hydrogen) atoms. The minimum absolute atomic E-state index is 0.0986. The van der Waals surface area contributed by atoms with Crippen molar-refractivity contribution in [3.05, 3.63) is 13.8 Å². The summed E-state index contributed by atoms with van der Waals surface area (Å²) in [6.07, 6.45) is 41.2. The van der Waals surface area contributed by atoms with Crippen molar-refractivity contribution in [2.75, 3.05) is 39.6 Å². The van der Waals surface area contributed by atoms with Crippen LogP contribution in [0.2, 0.25) is 0 Å². The van der Waals surface area contributed by atoms with E-state index in [9.17, 15) is 43.2 Å². The summed E-state index contributed by atoms with van der Waals surface area (Å²) in [4.78, 5) is 71.6. The Morgan fingerprint density at radius 3 is 0.840 bits per heavy atom. The van der Waals surface area contributed by atoms with Crippen molar-refractivity contribution in [3.8, 4) is 0 Å². The fourth-order valence-electron chi connectivity index (χ4n) is 9.13. The lowest BCUT2D eigenvalue weighted by molar-refractivity contribution is -0.161. The van der Waals surface area contributed by atoms with Crippen molar-refractivity contribution in [2.45, 2.75) is 321 Å². The molecule has 0 aliphatic carbocycles. The molecule has 0 aliphatic heterocycles. The van der Waals surface area contributed by atoms with Crippen LogP contribution in [-0.2, 0) is 65.4 Å².